The molecule has 0 aromatic heterocycles. The summed E-state index contributed by atoms with van der Waals surface area (Å²) >= 11 is 0. The SMILES string of the molecule is CCCCCCC(NC)C(C)(CC)N(CC)CC. The van der Waals surface area contributed by atoms with E-state index in [2.05, 4.69) is 51.9 Å². The highest BCUT2D eigenvalue weighted by Gasteiger charge is 2.35. The van der Waals surface area contributed by atoms with Crippen LogP contribution in [0.1, 0.15) is 73.1 Å². The first kappa shape index (κ1) is 17.9. The highest BCUT2D eigenvalue weighted by atomic mass is 15.2. The van der Waals surface area contributed by atoms with Crippen molar-refractivity contribution in [2.24, 2.45) is 0 Å². The zero-order chi connectivity index (χ0) is 14.0. The summed E-state index contributed by atoms with van der Waals surface area (Å²) in [6, 6.07) is 0.610. The number of nitrogens with zero attached hydrogens (tertiary/aromatic N) is 1. The van der Waals surface area contributed by atoms with Gasteiger partial charge in [0, 0.05) is 11.6 Å². The highest BCUT2D eigenvalue weighted by Crippen LogP contribution is 2.26. The van der Waals surface area contributed by atoms with Gasteiger partial charge in [-0.05, 0) is 39.9 Å². The fraction of sp³-hybridized carbons (Fsp3) is 1.00. The van der Waals surface area contributed by atoms with Crippen LogP contribution in [0.3, 0.4) is 0 Å². The summed E-state index contributed by atoms with van der Waals surface area (Å²) in [4.78, 5) is 2.62. The van der Waals surface area contributed by atoms with Crippen molar-refractivity contribution in [3.63, 3.8) is 0 Å². The first-order chi connectivity index (χ1) is 8.60. The standard InChI is InChI=1S/C16H36N2/c1-7-11-12-13-14-15(17-6)16(5,8-2)18(9-3)10-4/h15,17H,7-14H2,1-6H3. The molecule has 110 valence electrons. The fourth-order valence-corrected chi connectivity index (χ4v) is 3.18. The summed E-state index contributed by atoms with van der Waals surface area (Å²) in [7, 11) is 2.13. The van der Waals surface area contributed by atoms with Gasteiger partial charge in [0.25, 0.3) is 0 Å². The van der Waals surface area contributed by atoms with E-state index in [0.29, 0.717) is 11.6 Å². The van der Waals surface area contributed by atoms with Crippen LogP contribution < -0.4 is 5.32 Å². The number of rotatable bonds is 11. The fourth-order valence-electron chi connectivity index (χ4n) is 3.18. The molecule has 1 N–H and O–H groups in total. The molecule has 0 saturated heterocycles. The largest absolute Gasteiger partial charge is 0.315 e. The Morgan fingerprint density at radius 2 is 1.61 bits per heavy atom. The molecule has 0 rings (SSSR count). The molecule has 0 aliphatic carbocycles. The van der Waals surface area contributed by atoms with E-state index in [1.807, 2.05) is 0 Å². The maximum Gasteiger partial charge on any atom is 0.0331 e. The number of unbranched alkanes of at least 4 members (excludes halogenated alkanes) is 3. The zero-order valence-electron chi connectivity index (χ0n) is 13.7. The second kappa shape index (κ2) is 9.80. The van der Waals surface area contributed by atoms with Gasteiger partial charge in [0.05, 0.1) is 0 Å². The number of hydrogen-bond acceptors (Lipinski definition) is 2. The van der Waals surface area contributed by atoms with Crippen LogP contribution in [0.15, 0.2) is 0 Å². The van der Waals surface area contributed by atoms with E-state index in [1.165, 1.54) is 38.5 Å². The van der Waals surface area contributed by atoms with Crippen LogP contribution in [0.2, 0.25) is 0 Å². The van der Waals surface area contributed by atoms with Crippen molar-refractivity contribution < 1.29 is 0 Å². The molecule has 18 heavy (non-hydrogen) atoms. The van der Waals surface area contributed by atoms with Gasteiger partial charge >= 0.3 is 0 Å². The summed E-state index contributed by atoms with van der Waals surface area (Å²) in [5, 5.41) is 3.58. The molecule has 0 spiro atoms. The molecule has 2 nitrogen and oxygen atoms in total. The summed E-state index contributed by atoms with van der Waals surface area (Å²) in [6.45, 7) is 13.9. The average molecular weight is 256 g/mol. The lowest BCUT2D eigenvalue weighted by molar-refractivity contribution is 0.0686. The Kier molecular flexibility index (Phi) is 9.76. The van der Waals surface area contributed by atoms with Crippen molar-refractivity contribution in [3.8, 4) is 0 Å². The van der Waals surface area contributed by atoms with Crippen LogP contribution in [-0.2, 0) is 0 Å². The van der Waals surface area contributed by atoms with Gasteiger partial charge in [0.1, 0.15) is 0 Å². The molecule has 0 aromatic carbocycles. The Hall–Kier alpha value is -0.0800. The van der Waals surface area contributed by atoms with Crippen molar-refractivity contribution >= 4 is 0 Å². The van der Waals surface area contributed by atoms with Crippen LogP contribution >= 0.6 is 0 Å². The van der Waals surface area contributed by atoms with Crippen LogP contribution in [0.4, 0.5) is 0 Å². The maximum absolute atomic E-state index is 3.58. The van der Waals surface area contributed by atoms with Crippen LogP contribution in [0, 0.1) is 0 Å². The van der Waals surface area contributed by atoms with E-state index in [4.69, 9.17) is 0 Å². The minimum Gasteiger partial charge on any atom is -0.315 e. The van der Waals surface area contributed by atoms with E-state index in [0.717, 1.165) is 13.1 Å². The van der Waals surface area contributed by atoms with Gasteiger partial charge in [-0.1, -0.05) is 53.4 Å². The van der Waals surface area contributed by atoms with Gasteiger partial charge in [0.15, 0.2) is 0 Å². The van der Waals surface area contributed by atoms with Crippen molar-refractivity contribution in [1.82, 2.24) is 10.2 Å². The molecule has 0 bridgehead atoms. The van der Waals surface area contributed by atoms with Crippen molar-refractivity contribution in [3.05, 3.63) is 0 Å². The minimum absolute atomic E-state index is 0.296. The Balaban J connectivity index is 4.53. The summed E-state index contributed by atoms with van der Waals surface area (Å²) in [6.07, 6.45) is 7.96. The van der Waals surface area contributed by atoms with Gasteiger partial charge in [-0.25, -0.2) is 0 Å². The van der Waals surface area contributed by atoms with Gasteiger partial charge in [0.2, 0.25) is 0 Å². The molecule has 0 radical (unpaired) electrons. The first-order valence-electron chi connectivity index (χ1n) is 8.02. The topological polar surface area (TPSA) is 15.3 Å². The number of nitrogens with one attached hydrogen (secondary N) is 1. The third kappa shape index (κ3) is 4.89. The number of likely N-dealkylation sites (N-methyl/N-ethyl adjacent to an activating group) is 2. The van der Waals surface area contributed by atoms with Gasteiger partial charge in [-0.3, -0.25) is 4.90 Å². The molecule has 0 aliphatic rings. The van der Waals surface area contributed by atoms with E-state index in [9.17, 15) is 0 Å². The summed E-state index contributed by atoms with van der Waals surface area (Å²) < 4.78 is 0. The van der Waals surface area contributed by atoms with E-state index in [-0.39, 0.29) is 0 Å². The molecule has 0 aromatic rings. The Morgan fingerprint density at radius 3 is 2.00 bits per heavy atom. The van der Waals surface area contributed by atoms with Crippen molar-refractivity contribution in [1.29, 1.82) is 0 Å². The third-order valence-electron chi connectivity index (χ3n) is 4.65. The average Bonchev–Trinajstić information content (AvgIpc) is 2.39. The quantitative estimate of drug-likeness (QED) is 0.561. The van der Waals surface area contributed by atoms with Crippen LogP contribution in [0.25, 0.3) is 0 Å². The molecule has 2 heteroatoms. The molecule has 0 aliphatic heterocycles. The van der Waals surface area contributed by atoms with Crippen LogP contribution in [-0.4, -0.2) is 36.6 Å². The Morgan fingerprint density at radius 1 is 1.00 bits per heavy atom. The molecule has 2 unspecified atom stereocenters. The van der Waals surface area contributed by atoms with E-state index >= 15 is 0 Å². The minimum atomic E-state index is 0.296. The van der Waals surface area contributed by atoms with Gasteiger partial charge in [-0.2, -0.15) is 0 Å². The van der Waals surface area contributed by atoms with Crippen molar-refractivity contribution in [2.45, 2.75) is 84.7 Å². The summed E-state index contributed by atoms with van der Waals surface area (Å²) in [5.74, 6) is 0. The number of hydrogen-bond donors (Lipinski definition) is 1. The lowest BCUT2D eigenvalue weighted by Crippen LogP contribution is -2.58. The first-order valence-corrected chi connectivity index (χ1v) is 8.02. The lowest BCUT2D eigenvalue weighted by Gasteiger charge is -2.46. The monoisotopic (exact) mass is 256 g/mol. The molecule has 0 saturated carbocycles. The molecular weight excluding hydrogens is 220 g/mol. The second-order valence-electron chi connectivity index (χ2n) is 5.57. The second-order valence-corrected chi connectivity index (χ2v) is 5.57. The predicted molar refractivity (Wildman–Crippen MR) is 83.2 cm³/mol. The van der Waals surface area contributed by atoms with Crippen LogP contribution in [0.5, 0.6) is 0 Å². The molecular formula is C16H36N2. The molecule has 0 heterocycles. The van der Waals surface area contributed by atoms with E-state index in [1.54, 1.807) is 0 Å². The van der Waals surface area contributed by atoms with E-state index < -0.39 is 0 Å². The van der Waals surface area contributed by atoms with Crippen molar-refractivity contribution in [2.75, 3.05) is 20.1 Å². The maximum atomic E-state index is 3.58. The Labute approximate surface area is 116 Å². The summed E-state index contributed by atoms with van der Waals surface area (Å²) in [5.41, 5.74) is 0.296. The third-order valence-corrected chi connectivity index (χ3v) is 4.65. The van der Waals surface area contributed by atoms with Gasteiger partial charge < -0.3 is 5.32 Å². The Bertz CT molecular complexity index is 190. The normalized spacial score (nSPS) is 16.8. The molecule has 2 atom stereocenters. The van der Waals surface area contributed by atoms with Gasteiger partial charge in [-0.15, -0.1) is 0 Å². The lowest BCUT2D eigenvalue weighted by atomic mass is 9.84. The smallest absolute Gasteiger partial charge is 0.0331 e. The molecule has 0 fully saturated rings. The molecule has 0 amide bonds. The zero-order valence-corrected chi connectivity index (χ0v) is 13.7. The highest BCUT2D eigenvalue weighted by molar-refractivity contribution is 4.95. The predicted octanol–water partition coefficient (Wildman–Crippen LogP) is 4.06.